The van der Waals surface area contributed by atoms with Gasteiger partial charge in [0.15, 0.2) is 5.70 Å². The molecule has 0 heterocycles. The molecule has 0 radical (unpaired) electrons. The summed E-state index contributed by atoms with van der Waals surface area (Å²) in [6.45, 7) is 9.15. The van der Waals surface area contributed by atoms with Crippen LogP contribution in [0.4, 0.5) is 0 Å². The molecule has 1 aromatic carbocycles. The first-order chi connectivity index (χ1) is 6.38. The molecule has 0 fully saturated rings. The third-order valence-corrected chi connectivity index (χ3v) is 1.82. The zero-order valence-electron chi connectivity index (χ0n) is 7.83. The van der Waals surface area contributed by atoms with E-state index in [0.29, 0.717) is 0 Å². The second kappa shape index (κ2) is 5.16. The lowest BCUT2D eigenvalue weighted by Gasteiger charge is -1.97. The Bertz CT molecular complexity index is 317. The van der Waals surface area contributed by atoms with Crippen molar-refractivity contribution < 1.29 is 0 Å². The van der Waals surface area contributed by atoms with Crippen molar-refractivity contribution in [2.24, 2.45) is 0 Å². The molecule has 1 nitrogen and oxygen atoms in total. The van der Waals surface area contributed by atoms with Gasteiger partial charge in [0.2, 0.25) is 0 Å². The molecule has 0 aliphatic heterocycles. The van der Waals surface area contributed by atoms with Crippen molar-refractivity contribution in [1.82, 2.24) is 0 Å². The van der Waals surface area contributed by atoms with Gasteiger partial charge in [-0.1, -0.05) is 49.8 Å². The van der Waals surface area contributed by atoms with Gasteiger partial charge in [0, 0.05) is 0 Å². The van der Waals surface area contributed by atoms with Gasteiger partial charge < -0.3 is 0 Å². The van der Waals surface area contributed by atoms with Gasteiger partial charge in [-0.05, 0) is 12.0 Å². The van der Waals surface area contributed by atoms with Crippen LogP contribution in [0.3, 0.4) is 0 Å². The molecule has 0 saturated heterocycles. The SMILES string of the molecule is [C-]#[N+]C(=CCCC)c1ccccc1. The number of nitrogens with zero attached hydrogens (tertiary/aromatic N) is 1. The number of benzene rings is 1. The van der Waals surface area contributed by atoms with E-state index in [2.05, 4.69) is 11.8 Å². The maximum Gasteiger partial charge on any atom is 0.190 e. The molecule has 0 saturated carbocycles. The number of allylic oxidation sites excluding steroid dienone is 1. The molecule has 0 atom stereocenters. The summed E-state index contributed by atoms with van der Waals surface area (Å²) >= 11 is 0. The van der Waals surface area contributed by atoms with Crippen molar-refractivity contribution in [2.45, 2.75) is 19.8 Å². The highest BCUT2D eigenvalue weighted by Crippen LogP contribution is 2.16. The van der Waals surface area contributed by atoms with Gasteiger partial charge >= 0.3 is 0 Å². The lowest BCUT2D eigenvalue weighted by Crippen LogP contribution is -1.77. The second-order valence-corrected chi connectivity index (χ2v) is 2.86. The fourth-order valence-corrected chi connectivity index (χ4v) is 1.12. The molecule has 1 aromatic rings. The molecule has 0 unspecified atom stereocenters. The van der Waals surface area contributed by atoms with Crippen LogP contribution >= 0.6 is 0 Å². The topological polar surface area (TPSA) is 4.36 Å². The van der Waals surface area contributed by atoms with Gasteiger partial charge in [-0.25, -0.2) is 4.85 Å². The number of hydrogen-bond donors (Lipinski definition) is 0. The standard InChI is InChI=1S/C12H13N/c1-3-4-10-12(13-2)11-8-6-5-7-9-11/h5-10H,3-4H2,1H3. The van der Waals surface area contributed by atoms with Gasteiger partial charge in [0.05, 0.1) is 6.57 Å². The van der Waals surface area contributed by atoms with E-state index >= 15 is 0 Å². The van der Waals surface area contributed by atoms with Crippen LogP contribution in [0.5, 0.6) is 0 Å². The van der Waals surface area contributed by atoms with E-state index in [0.717, 1.165) is 24.1 Å². The summed E-state index contributed by atoms with van der Waals surface area (Å²) in [4.78, 5) is 3.51. The minimum atomic E-state index is 0.766. The Labute approximate surface area is 79.5 Å². The van der Waals surface area contributed by atoms with Gasteiger partial charge in [0.1, 0.15) is 0 Å². The Kier molecular flexibility index (Phi) is 3.78. The molecule has 0 aromatic heterocycles. The Balaban J connectivity index is 2.87. The Morgan fingerprint density at radius 3 is 2.62 bits per heavy atom. The fraction of sp³-hybridized carbons (Fsp3) is 0.250. The number of rotatable bonds is 3. The number of unbranched alkanes of at least 4 members (excludes halogenated alkanes) is 1. The van der Waals surface area contributed by atoms with Crippen LogP contribution < -0.4 is 0 Å². The lowest BCUT2D eigenvalue weighted by atomic mass is 10.1. The van der Waals surface area contributed by atoms with Crippen molar-refractivity contribution in [3.05, 3.63) is 53.4 Å². The minimum Gasteiger partial charge on any atom is -0.238 e. The molecule has 1 heteroatoms. The zero-order chi connectivity index (χ0) is 9.52. The molecule has 0 N–H and O–H groups in total. The maximum absolute atomic E-state index is 7.03. The highest BCUT2D eigenvalue weighted by molar-refractivity contribution is 5.70. The van der Waals surface area contributed by atoms with E-state index in [1.165, 1.54) is 0 Å². The van der Waals surface area contributed by atoms with Crippen LogP contribution in [0.2, 0.25) is 0 Å². The first-order valence-corrected chi connectivity index (χ1v) is 4.51. The summed E-state index contributed by atoms with van der Waals surface area (Å²) in [5.74, 6) is 0. The predicted octanol–water partition coefficient (Wildman–Crippen LogP) is 3.75. The normalized spacial score (nSPS) is 10.9. The van der Waals surface area contributed by atoms with Crippen molar-refractivity contribution in [3.63, 3.8) is 0 Å². The molecule has 0 amide bonds. The Morgan fingerprint density at radius 1 is 1.38 bits per heavy atom. The van der Waals surface area contributed by atoms with Crippen LogP contribution in [0.25, 0.3) is 10.5 Å². The molecule has 1 rings (SSSR count). The van der Waals surface area contributed by atoms with E-state index in [-0.39, 0.29) is 0 Å². The van der Waals surface area contributed by atoms with Crippen molar-refractivity contribution in [3.8, 4) is 0 Å². The predicted molar refractivity (Wildman–Crippen MR) is 55.9 cm³/mol. The first-order valence-electron chi connectivity index (χ1n) is 4.51. The van der Waals surface area contributed by atoms with Crippen LogP contribution in [0.15, 0.2) is 36.4 Å². The van der Waals surface area contributed by atoms with E-state index in [9.17, 15) is 0 Å². The summed E-state index contributed by atoms with van der Waals surface area (Å²) in [5.41, 5.74) is 1.79. The summed E-state index contributed by atoms with van der Waals surface area (Å²) in [5, 5.41) is 0. The fourth-order valence-electron chi connectivity index (χ4n) is 1.12. The van der Waals surface area contributed by atoms with Crippen molar-refractivity contribution >= 4 is 5.70 Å². The molecule has 0 bridgehead atoms. The van der Waals surface area contributed by atoms with Gasteiger partial charge in [-0.3, -0.25) is 0 Å². The van der Waals surface area contributed by atoms with E-state index in [1.807, 2.05) is 36.4 Å². The van der Waals surface area contributed by atoms with Gasteiger partial charge in [-0.2, -0.15) is 0 Å². The Hall–Kier alpha value is -1.55. The minimum absolute atomic E-state index is 0.766. The smallest absolute Gasteiger partial charge is 0.190 e. The average molecular weight is 171 g/mol. The van der Waals surface area contributed by atoms with E-state index < -0.39 is 0 Å². The van der Waals surface area contributed by atoms with Crippen LogP contribution in [-0.4, -0.2) is 0 Å². The zero-order valence-corrected chi connectivity index (χ0v) is 7.83. The highest BCUT2D eigenvalue weighted by atomic mass is 14.7. The lowest BCUT2D eigenvalue weighted by molar-refractivity contribution is 0.960. The van der Waals surface area contributed by atoms with Crippen LogP contribution in [0, 0.1) is 6.57 Å². The van der Waals surface area contributed by atoms with Crippen molar-refractivity contribution in [1.29, 1.82) is 0 Å². The van der Waals surface area contributed by atoms with Gasteiger partial charge in [-0.15, -0.1) is 0 Å². The molecule has 0 aliphatic carbocycles. The summed E-state index contributed by atoms with van der Waals surface area (Å²) in [6, 6.07) is 9.82. The van der Waals surface area contributed by atoms with E-state index in [4.69, 9.17) is 6.57 Å². The molecule has 0 aliphatic rings. The highest BCUT2D eigenvalue weighted by Gasteiger charge is 1.97. The molecule has 66 valence electrons. The summed E-state index contributed by atoms with van der Waals surface area (Å²) in [7, 11) is 0. The maximum atomic E-state index is 7.03. The third kappa shape index (κ3) is 2.76. The summed E-state index contributed by atoms with van der Waals surface area (Å²) in [6.07, 6.45) is 4.07. The van der Waals surface area contributed by atoms with Crippen LogP contribution in [-0.2, 0) is 0 Å². The van der Waals surface area contributed by atoms with E-state index in [1.54, 1.807) is 0 Å². The van der Waals surface area contributed by atoms with Crippen molar-refractivity contribution in [2.75, 3.05) is 0 Å². The average Bonchev–Trinajstić information content (AvgIpc) is 2.21. The quantitative estimate of drug-likeness (QED) is 0.610. The largest absolute Gasteiger partial charge is 0.238 e. The van der Waals surface area contributed by atoms with Gasteiger partial charge in [0.25, 0.3) is 0 Å². The number of hydrogen-bond acceptors (Lipinski definition) is 0. The molecule has 0 spiro atoms. The molecular weight excluding hydrogens is 158 g/mol. The monoisotopic (exact) mass is 171 g/mol. The first kappa shape index (κ1) is 9.54. The third-order valence-electron chi connectivity index (χ3n) is 1.82. The van der Waals surface area contributed by atoms with Crippen LogP contribution in [0.1, 0.15) is 25.3 Å². The second-order valence-electron chi connectivity index (χ2n) is 2.86. The molecule has 13 heavy (non-hydrogen) atoms. The summed E-state index contributed by atoms with van der Waals surface area (Å²) < 4.78 is 0. The Morgan fingerprint density at radius 2 is 2.08 bits per heavy atom. The molecular formula is C12H13N.